The Morgan fingerprint density at radius 3 is 2.57 bits per heavy atom. The maximum atomic E-state index is 13.2. The van der Waals surface area contributed by atoms with Crippen LogP contribution in [0.2, 0.25) is 0 Å². The summed E-state index contributed by atoms with van der Waals surface area (Å²) in [5, 5.41) is 14.8. The fraction of sp³-hybridized carbons (Fsp3) is 0.280. The van der Waals surface area contributed by atoms with Crippen LogP contribution in [-0.4, -0.2) is 40.5 Å². The number of amides is 1. The number of carbonyl (C=O) groups is 1. The van der Waals surface area contributed by atoms with E-state index in [9.17, 15) is 14.4 Å². The molecule has 3 aromatic heterocycles. The highest BCUT2D eigenvalue weighted by Gasteiger charge is 2.21. The average molecular weight is 536 g/mol. The Hall–Kier alpha value is -3.77. The SMILES string of the molecule is CC(C)c1nnc(NC(=O)CSc2nc3c(c(=O)n(C)c(=O)n3C)n2Cc2cccc3ccccc23)s1. The maximum Gasteiger partial charge on any atom is 0.332 e. The second-order valence-corrected chi connectivity index (χ2v) is 10.9. The van der Waals surface area contributed by atoms with Crippen molar-refractivity contribution in [2.24, 2.45) is 14.1 Å². The summed E-state index contributed by atoms with van der Waals surface area (Å²) in [5.41, 5.74) is 0.693. The smallest absolute Gasteiger partial charge is 0.309 e. The Balaban J connectivity index is 1.52. The highest BCUT2D eigenvalue weighted by molar-refractivity contribution is 7.99. The van der Waals surface area contributed by atoms with Gasteiger partial charge in [-0.05, 0) is 16.3 Å². The van der Waals surface area contributed by atoms with Gasteiger partial charge in [0.1, 0.15) is 5.01 Å². The molecule has 0 radical (unpaired) electrons. The maximum absolute atomic E-state index is 13.2. The number of benzene rings is 2. The Labute approximate surface area is 220 Å². The zero-order chi connectivity index (χ0) is 26.3. The minimum Gasteiger partial charge on any atom is -0.309 e. The first-order valence-corrected chi connectivity index (χ1v) is 13.4. The zero-order valence-electron chi connectivity index (χ0n) is 20.8. The first-order valence-electron chi connectivity index (χ1n) is 11.6. The summed E-state index contributed by atoms with van der Waals surface area (Å²) >= 11 is 2.54. The van der Waals surface area contributed by atoms with E-state index < -0.39 is 11.2 Å². The zero-order valence-corrected chi connectivity index (χ0v) is 22.4. The number of hydrogen-bond acceptors (Lipinski definition) is 8. The normalized spacial score (nSPS) is 11.6. The monoisotopic (exact) mass is 535 g/mol. The van der Waals surface area contributed by atoms with E-state index in [0.717, 1.165) is 25.9 Å². The molecule has 0 saturated carbocycles. The van der Waals surface area contributed by atoms with Crippen LogP contribution in [-0.2, 0) is 25.4 Å². The molecule has 5 aromatic rings. The number of anilines is 1. The number of nitrogens with zero attached hydrogens (tertiary/aromatic N) is 6. The van der Waals surface area contributed by atoms with Crippen molar-refractivity contribution in [1.82, 2.24) is 28.9 Å². The van der Waals surface area contributed by atoms with E-state index in [1.54, 1.807) is 11.6 Å². The van der Waals surface area contributed by atoms with Crippen molar-refractivity contribution in [2.45, 2.75) is 31.5 Å². The van der Waals surface area contributed by atoms with E-state index in [4.69, 9.17) is 0 Å². The van der Waals surface area contributed by atoms with E-state index in [1.807, 2.05) is 56.3 Å². The van der Waals surface area contributed by atoms with Crippen LogP contribution in [0.5, 0.6) is 0 Å². The highest BCUT2D eigenvalue weighted by atomic mass is 32.2. The Morgan fingerprint density at radius 1 is 1.05 bits per heavy atom. The lowest BCUT2D eigenvalue weighted by molar-refractivity contribution is -0.113. The number of aryl methyl sites for hydroxylation is 1. The van der Waals surface area contributed by atoms with Crippen molar-refractivity contribution >= 4 is 56.1 Å². The molecule has 1 N–H and O–H groups in total. The van der Waals surface area contributed by atoms with E-state index in [1.165, 1.54) is 34.7 Å². The lowest BCUT2D eigenvalue weighted by Gasteiger charge is -2.12. The van der Waals surface area contributed by atoms with Crippen LogP contribution in [0.25, 0.3) is 21.9 Å². The molecular weight excluding hydrogens is 510 g/mol. The largest absolute Gasteiger partial charge is 0.332 e. The molecule has 37 heavy (non-hydrogen) atoms. The van der Waals surface area contributed by atoms with Gasteiger partial charge in [0.2, 0.25) is 11.0 Å². The van der Waals surface area contributed by atoms with Gasteiger partial charge in [0.15, 0.2) is 16.3 Å². The fourth-order valence-corrected chi connectivity index (χ4v) is 5.64. The average Bonchev–Trinajstić information content (AvgIpc) is 3.50. The van der Waals surface area contributed by atoms with Crippen LogP contribution >= 0.6 is 23.1 Å². The molecule has 12 heteroatoms. The summed E-state index contributed by atoms with van der Waals surface area (Å²) in [6.07, 6.45) is 0. The number of thioether (sulfide) groups is 1. The second-order valence-electron chi connectivity index (χ2n) is 8.93. The van der Waals surface area contributed by atoms with E-state index in [0.29, 0.717) is 22.3 Å². The summed E-state index contributed by atoms with van der Waals surface area (Å²) in [6, 6.07) is 14.0. The molecular formula is C25H25N7O3S2. The van der Waals surface area contributed by atoms with Crippen LogP contribution in [0.4, 0.5) is 5.13 Å². The van der Waals surface area contributed by atoms with Crippen LogP contribution < -0.4 is 16.6 Å². The van der Waals surface area contributed by atoms with Crippen molar-refractivity contribution in [3.05, 3.63) is 73.9 Å². The summed E-state index contributed by atoms with van der Waals surface area (Å²) < 4.78 is 4.22. The molecule has 5 rings (SSSR count). The summed E-state index contributed by atoms with van der Waals surface area (Å²) in [5.74, 6) is 0.00625. The predicted molar refractivity (Wildman–Crippen MR) is 147 cm³/mol. The van der Waals surface area contributed by atoms with Crippen molar-refractivity contribution in [3.8, 4) is 0 Å². The third-order valence-electron chi connectivity index (χ3n) is 6.03. The highest BCUT2D eigenvalue weighted by Crippen LogP contribution is 2.27. The lowest BCUT2D eigenvalue weighted by Crippen LogP contribution is -2.37. The van der Waals surface area contributed by atoms with Gasteiger partial charge in [0.05, 0.1) is 12.3 Å². The molecule has 2 aromatic carbocycles. The molecule has 0 aliphatic carbocycles. The number of hydrogen-bond donors (Lipinski definition) is 1. The first-order chi connectivity index (χ1) is 17.7. The van der Waals surface area contributed by atoms with Crippen molar-refractivity contribution in [1.29, 1.82) is 0 Å². The molecule has 0 aliphatic heterocycles. The quantitative estimate of drug-likeness (QED) is 0.318. The van der Waals surface area contributed by atoms with Crippen LogP contribution in [0.3, 0.4) is 0 Å². The van der Waals surface area contributed by atoms with E-state index >= 15 is 0 Å². The van der Waals surface area contributed by atoms with Gasteiger partial charge in [-0.1, -0.05) is 79.4 Å². The second kappa shape index (κ2) is 9.94. The van der Waals surface area contributed by atoms with Crippen LogP contribution in [0.1, 0.15) is 30.3 Å². The number of rotatable bonds is 7. The molecule has 0 spiro atoms. The number of carbonyl (C=O) groups excluding carboxylic acids is 1. The third-order valence-corrected chi connectivity index (χ3v) is 8.15. The van der Waals surface area contributed by atoms with Crippen LogP contribution in [0, 0.1) is 0 Å². The minimum absolute atomic E-state index is 0.0454. The van der Waals surface area contributed by atoms with Gasteiger partial charge in [-0.3, -0.25) is 24.0 Å². The molecule has 0 saturated heterocycles. The van der Waals surface area contributed by atoms with E-state index in [2.05, 4.69) is 20.5 Å². The molecule has 0 aliphatic rings. The molecule has 0 fully saturated rings. The first kappa shape index (κ1) is 24.9. The Bertz CT molecular complexity index is 1760. The molecule has 0 atom stereocenters. The van der Waals surface area contributed by atoms with Gasteiger partial charge in [-0.2, -0.15) is 0 Å². The van der Waals surface area contributed by atoms with Gasteiger partial charge in [0, 0.05) is 20.0 Å². The van der Waals surface area contributed by atoms with Crippen molar-refractivity contribution in [3.63, 3.8) is 0 Å². The van der Waals surface area contributed by atoms with Gasteiger partial charge < -0.3 is 4.57 Å². The lowest BCUT2D eigenvalue weighted by atomic mass is 10.0. The molecule has 3 heterocycles. The molecule has 0 bridgehead atoms. The number of nitrogens with one attached hydrogen (secondary N) is 1. The summed E-state index contributed by atoms with van der Waals surface area (Å²) in [6.45, 7) is 4.38. The number of fused-ring (bicyclic) bond motifs is 2. The summed E-state index contributed by atoms with van der Waals surface area (Å²) in [7, 11) is 3.04. The molecule has 1 amide bonds. The fourth-order valence-electron chi connectivity index (χ4n) is 4.09. The third kappa shape index (κ3) is 4.69. The predicted octanol–water partition coefficient (Wildman–Crippen LogP) is 3.34. The standard InChI is InChI=1S/C25H25N7O3S2/c1-14(2)21-28-29-23(37-21)26-18(33)13-36-24-27-20-19(22(34)31(4)25(35)30(20)3)32(24)12-16-10-7-9-15-8-5-6-11-17(15)16/h5-11,14H,12-13H2,1-4H3,(H,26,29,33). The molecule has 0 unspecified atom stereocenters. The van der Waals surface area contributed by atoms with E-state index in [-0.39, 0.29) is 23.2 Å². The van der Waals surface area contributed by atoms with Crippen molar-refractivity contribution < 1.29 is 4.79 Å². The van der Waals surface area contributed by atoms with Gasteiger partial charge in [-0.15, -0.1) is 10.2 Å². The topological polar surface area (TPSA) is 117 Å². The minimum atomic E-state index is -0.459. The Morgan fingerprint density at radius 2 is 1.81 bits per heavy atom. The van der Waals surface area contributed by atoms with Gasteiger partial charge in [0.25, 0.3) is 5.56 Å². The van der Waals surface area contributed by atoms with Crippen molar-refractivity contribution in [2.75, 3.05) is 11.1 Å². The Kier molecular flexibility index (Phi) is 6.69. The van der Waals surface area contributed by atoms with Gasteiger partial charge in [-0.25, -0.2) is 9.78 Å². The summed E-state index contributed by atoms with van der Waals surface area (Å²) in [4.78, 5) is 43.1. The number of imidazole rings is 1. The number of aromatic nitrogens is 6. The molecule has 190 valence electrons. The van der Waals surface area contributed by atoms with Crippen LogP contribution in [0.15, 0.2) is 57.2 Å². The van der Waals surface area contributed by atoms with Gasteiger partial charge >= 0.3 is 5.69 Å². The molecule has 10 nitrogen and oxygen atoms in total.